The highest BCUT2D eigenvalue weighted by Gasteiger charge is 2.41. The second kappa shape index (κ2) is 10.4. The minimum Gasteiger partial charge on any atom is -0.504 e. The number of rotatable bonds is 6. The Morgan fingerprint density at radius 3 is 2.18 bits per heavy atom. The Kier molecular flexibility index (Phi) is 6.85. The molecule has 0 aliphatic carbocycles. The Hall–Kier alpha value is -4.98. The first-order valence-electron chi connectivity index (χ1n) is 12.4. The number of fused-ring (bicyclic) bond motifs is 3. The highest BCUT2D eigenvalue weighted by atomic mass is 16.5. The van der Waals surface area contributed by atoms with Gasteiger partial charge in [0.25, 0.3) is 5.91 Å². The molecule has 1 atom stereocenters. The van der Waals surface area contributed by atoms with Crippen molar-refractivity contribution in [3.8, 4) is 34.1 Å². The lowest BCUT2D eigenvalue weighted by atomic mass is 9.88. The number of methoxy groups -OCH3 is 1. The summed E-state index contributed by atoms with van der Waals surface area (Å²) in [5.41, 5.74) is 2.72. The topological polar surface area (TPSA) is 119 Å². The molecule has 39 heavy (non-hydrogen) atoms. The van der Waals surface area contributed by atoms with Crippen LogP contribution in [-0.2, 0) is 17.9 Å². The summed E-state index contributed by atoms with van der Waals surface area (Å²) in [6.45, 7) is 1.93. The molecular formula is C31H28N2O6. The number of phenols is 3. The Morgan fingerprint density at radius 2 is 1.54 bits per heavy atom. The van der Waals surface area contributed by atoms with Gasteiger partial charge in [-0.25, -0.2) is 0 Å². The number of nitrogens with one attached hydrogen (secondary N) is 1. The van der Waals surface area contributed by atoms with Gasteiger partial charge in [-0.2, -0.15) is 0 Å². The maximum Gasteiger partial charge on any atom is 0.255 e. The van der Waals surface area contributed by atoms with Crippen molar-refractivity contribution >= 4 is 11.8 Å². The van der Waals surface area contributed by atoms with Gasteiger partial charge < -0.3 is 30.3 Å². The molecule has 5 rings (SSSR count). The lowest BCUT2D eigenvalue weighted by molar-refractivity contribution is -0.126. The largest absolute Gasteiger partial charge is 0.504 e. The summed E-state index contributed by atoms with van der Waals surface area (Å²) < 4.78 is 5.42. The van der Waals surface area contributed by atoms with Crippen LogP contribution >= 0.6 is 0 Å². The van der Waals surface area contributed by atoms with Crippen molar-refractivity contribution in [3.63, 3.8) is 0 Å². The second-order valence-electron chi connectivity index (χ2n) is 9.40. The molecule has 8 heteroatoms. The fourth-order valence-corrected chi connectivity index (χ4v) is 5.06. The molecule has 0 radical (unpaired) electrons. The third-order valence-corrected chi connectivity index (χ3v) is 7.02. The molecule has 0 aromatic heterocycles. The Balaban J connectivity index is 1.75. The number of aromatic hydroxyl groups is 3. The SMILES string of the molecule is COc1cc2c(c(C)c1O)-c1c(ccc(O)c1O)C(=O)N(Cc1ccccc1)C2C(=O)NCc1ccccc1. The Morgan fingerprint density at radius 1 is 0.897 bits per heavy atom. The number of amides is 2. The maximum absolute atomic E-state index is 14.2. The summed E-state index contributed by atoms with van der Waals surface area (Å²) in [7, 11) is 1.40. The third kappa shape index (κ3) is 4.61. The van der Waals surface area contributed by atoms with Gasteiger partial charge in [0.2, 0.25) is 5.91 Å². The van der Waals surface area contributed by atoms with E-state index in [0.29, 0.717) is 11.1 Å². The second-order valence-corrected chi connectivity index (χ2v) is 9.40. The van der Waals surface area contributed by atoms with Gasteiger partial charge in [0.15, 0.2) is 23.0 Å². The quantitative estimate of drug-likeness (QED) is 0.269. The van der Waals surface area contributed by atoms with E-state index in [4.69, 9.17) is 4.74 Å². The fourth-order valence-electron chi connectivity index (χ4n) is 5.06. The van der Waals surface area contributed by atoms with Crippen LogP contribution in [0, 0.1) is 6.92 Å². The summed E-state index contributed by atoms with van der Waals surface area (Å²) in [6.07, 6.45) is 0. The highest BCUT2D eigenvalue weighted by Crippen LogP contribution is 2.51. The zero-order valence-electron chi connectivity index (χ0n) is 21.5. The first kappa shape index (κ1) is 25.7. The predicted octanol–water partition coefficient (Wildman–Crippen LogP) is 4.80. The van der Waals surface area contributed by atoms with E-state index in [9.17, 15) is 24.9 Å². The number of hydrogen-bond acceptors (Lipinski definition) is 6. The first-order chi connectivity index (χ1) is 18.8. The fraction of sp³-hybridized carbons (Fsp3) is 0.161. The number of ether oxygens (including phenoxy) is 1. The molecule has 4 N–H and O–H groups in total. The molecule has 1 heterocycles. The minimum atomic E-state index is -1.15. The van der Waals surface area contributed by atoms with Gasteiger partial charge in [-0.05, 0) is 47.4 Å². The predicted molar refractivity (Wildman–Crippen MR) is 146 cm³/mol. The van der Waals surface area contributed by atoms with Crippen LogP contribution in [0.5, 0.6) is 23.0 Å². The Labute approximate surface area is 225 Å². The van der Waals surface area contributed by atoms with Crippen LogP contribution in [0.2, 0.25) is 0 Å². The van der Waals surface area contributed by atoms with Crippen LogP contribution in [0.15, 0.2) is 78.9 Å². The van der Waals surface area contributed by atoms with Crippen molar-refractivity contribution in [1.29, 1.82) is 0 Å². The molecule has 0 saturated heterocycles. The lowest BCUT2D eigenvalue weighted by Crippen LogP contribution is -2.42. The third-order valence-electron chi connectivity index (χ3n) is 7.02. The van der Waals surface area contributed by atoms with Crippen LogP contribution in [0.3, 0.4) is 0 Å². The first-order valence-corrected chi connectivity index (χ1v) is 12.4. The average Bonchev–Trinajstić information content (AvgIpc) is 3.05. The molecule has 1 aliphatic heterocycles. The van der Waals surface area contributed by atoms with Gasteiger partial charge in [0.1, 0.15) is 6.04 Å². The van der Waals surface area contributed by atoms with Crippen molar-refractivity contribution < 1.29 is 29.6 Å². The summed E-state index contributed by atoms with van der Waals surface area (Å²) in [4.78, 5) is 29.6. The summed E-state index contributed by atoms with van der Waals surface area (Å²) >= 11 is 0. The van der Waals surface area contributed by atoms with E-state index >= 15 is 0 Å². The summed E-state index contributed by atoms with van der Waals surface area (Å²) in [5.74, 6) is -1.99. The molecule has 0 bridgehead atoms. The summed E-state index contributed by atoms with van der Waals surface area (Å²) in [5, 5.41) is 35.2. The molecule has 4 aromatic carbocycles. The van der Waals surface area contributed by atoms with Crippen LogP contribution in [-0.4, -0.2) is 39.1 Å². The lowest BCUT2D eigenvalue weighted by Gasteiger charge is -2.31. The molecule has 4 aromatic rings. The number of carbonyl (C=O) groups is 2. The van der Waals surface area contributed by atoms with Gasteiger partial charge in [0.05, 0.1) is 12.7 Å². The van der Waals surface area contributed by atoms with Crippen LogP contribution in [0.4, 0.5) is 0 Å². The molecule has 0 saturated carbocycles. The van der Waals surface area contributed by atoms with Crippen LogP contribution in [0.25, 0.3) is 11.1 Å². The molecule has 2 amide bonds. The Bertz CT molecular complexity index is 1550. The molecule has 8 nitrogen and oxygen atoms in total. The van der Waals surface area contributed by atoms with Crippen molar-refractivity contribution in [3.05, 3.63) is 107 Å². The number of hydrogen-bond donors (Lipinski definition) is 4. The summed E-state index contributed by atoms with van der Waals surface area (Å²) in [6, 6.07) is 21.7. The van der Waals surface area contributed by atoms with Crippen molar-refractivity contribution in [2.24, 2.45) is 0 Å². The van der Waals surface area contributed by atoms with Crippen molar-refractivity contribution in [2.75, 3.05) is 7.11 Å². The maximum atomic E-state index is 14.2. The number of nitrogens with zero attached hydrogens (tertiary/aromatic N) is 1. The van der Waals surface area contributed by atoms with E-state index < -0.39 is 29.4 Å². The smallest absolute Gasteiger partial charge is 0.255 e. The van der Waals surface area contributed by atoms with Gasteiger partial charge in [0, 0.05) is 24.2 Å². The van der Waals surface area contributed by atoms with Crippen LogP contribution in [0.1, 0.15) is 38.7 Å². The zero-order chi connectivity index (χ0) is 27.7. The van der Waals surface area contributed by atoms with E-state index in [1.807, 2.05) is 60.7 Å². The van der Waals surface area contributed by atoms with E-state index in [1.54, 1.807) is 6.92 Å². The van der Waals surface area contributed by atoms with Gasteiger partial charge in [-0.3, -0.25) is 9.59 Å². The van der Waals surface area contributed by atoms with E-state index in [0.717, 1.165) is 11.1 Å². The van der Waals surface area contributed by atoms with E-state index in [-0.39, 0.29) is 41.3 Å². The number of carbonyl (C=O) groups excluding carboxylic acids is 2. The molecule has 198 valence electrons. The molecular weight excluding hydrogens is 496 g/mol. The standard InChI is InChI=1S/C31H28N2O6/c1-18-25-22(15-24(39-2)28(18)35)27(30(37)32-16-19-9-5-3-6-10-19)33(17-20-11-7-4-8-12-20)31(38)21-13-14-23(34)29(36)26(21)25/h3-15,27,34-36H,16-17H2,1-2H3,(H,32,37). The van der Waals surface area contributed by atoms with Gasteiger partial charge >= 0.3 is 0 Å². The molecule has 0 fully saturated rings. The van der Waals surface area contributed by atoms with E-state index in [2.05, 4.69) is 5.32 Å². The molecule has 0 spiro atoms. The monoisotopic (exact) mass is 524 g/mol. The van der Waals surface area contributed by atoms with Crippen LogP contribution < -0.4 is 10.1 Å². The molecule has 1 unspecified atom stereocenters. The van der Waals surface area contributed by atoms with Gasteiger partial charge in [-0.15, -0.1) is 0 Å². The average molecular weight is 525 g/mol. The molecule has 1 aliphatic rings. The minimum absolute atomic E-state index is 0.0434. The zero-order valence-corrected chi connectivity index (χ0v) is 21.5. The van der Waals surface area contributed by atoms with E-state index in [1.165, 1.54) is 30.2 Å². The highest BCUT2D eigenvalue weighted by molar-refractivity contribution is 6.08. The number of benzene rings is 4. The normalized spacial score (nSPS) is 14.3. The number of phenolic OH excluding ortho intramolecular Hbond substituents is 3. The van der Waals surface area contributed by atoms with Gasteiger partial charge in [-0.1, -0.05) is 60.7 Å². The van der Waals surface area contributed by atoms with Crippen molar-refractivity contribution in [2.45, 2.75) is 26.1 Å². The van der Waals surface area contributed by atoms with Crippen molar-refractivity contribution in [1.82, 2.24) is 10.2 Å².